The predicted octanol–water partition coefficient (Wildman–Crippen LogP) is 3.45. The van der Waals surface area contributed by atoms with Crippen LogP contribution in [-0.2, 0) is 6.54 Å². The summed E-state index contributed by atoms with van der Waals surface area (Å²) in [4.78, 5) is 4.30. The third kappa shape index (κ3) is 4.89. The van der Waals surface area contributed by atoms with Gasteiger partial charge in [0.15, 0.2) is 17.5 Å². The minimum absolute atomic E-state index is 0. The molecule has 1 aromatic carbocycles. The molecule has 1 aromatic rings. The lowest BCUT2D eigenvalue weighted by molar-refractivity contribution is 0.170. The first-order chi connectivity index (χ1) is 10.8. The van der Waals surface area contributed by atoms with E-state index in [1.165, 1.54) is 25.7 Å². The Morgan fingerprint density at radius 3 is 2.74 bits per heavy atom. The molecule has 1 saturated carbocycles. The van der Waals surface area contributed by atoms with E-state index in [2.05, 4.69) is 37.6 Å². The fourth-order valence-corrected chi connectivity index (χ4v) is 3.51. The molecule has 0 atom stereocenters. The molecule has 0 bridgehead atoms. The van der Waals surface area contributed by atoms with Crippen molar-refractivity contribution in [2.75, 3.05) is 20.3 Å². The molecule has 3 rings (SSSR count). The Labute approximate surface area is 162 Å². The molecule has 0 aromatic heterocycles. The SMILES string of the molecule is CN=C(NCc1cc(Br)c2c(c1)OCCO2)NC1CCCC1.I. The van der Waals surface area contributed by atoms with Crippen LogP contribution < -0.4 is 20.1 Å². The first-order valence-electron chi connectivity index (χ1n) is 7.81. The lowest BCUT2D eigenvalue weighted by Crippen LogP contribution is -2.41. The van der Waals surface area contributed by atoms with Crippen LogP contribution in [-0.4, -0.2) is 32.3 Å². The highest BCUT2D eigenvalue weighted by Gasteiger charge is 2.18. The first-order valence-corrected chi connectivity index (χ1v) is 8.61. The van der Waals surface area contributed by atoms with Crippen LogP contribution in [0.25, 0.3) is 0 Å². The summed E-state index contributed by atoms with van der Waals surface area (Å²) >= 11 is 3.55. The van der Waals surface area contributed by atoms with E-state index < -0.39 is 0 Å². The number of guanidine groups is 1. The quantitative estimate of drug-likeness (QED) is 0.383. The minimum atomic E-state index is 0. The average molecular weight is 496 g/mol. The Kier molecular flexibility index (Phi) is 7.26. The van der Waals surface area contributed by atoms with Crippen LogP contribution in [0, 0.1) is 0 Å². The molecule has 1 aliphatic carbocycles. The highest BCUT2D eigenvalue weighted by Crippen LogP contribution is 2.38. The van der Waals surface area contributed by atoms with Gasteiger partial charge >= 0.3 is 0 Å². The van der Waals surface area contributed by atoms with Crippen molar-refractivity contribution in [3.63, 3.8) is 0 Å². The van der Waals surface area contributed by atoms with E-state index in [4.69, 9.17) is 9.47 Å². The molecule has 2 N–H and O–H groups in total. The third-order valence-corrected chi connectivity index (χ3v) is 4.63. The monoisotopic (exact) mass is 495 g/mol. The van der Waals surface area contributed by atoms with Crippen molar-refractivity contribution in [3.05, 3.63) is 22.2 Å². The van der Waals surface area contributed by atoms with Crippen LogP contribution in [0.4, 0.5) is 0 Å². The van der Waals surface area contributed by atoms with Crippen LogP contribution in [0.3, 0.4) is 0 Å². The normalized spacial score (nSPS) is 17.6. The van der Waals surface area contributed by atoms with Crippen molar-refractivity contribution in [2.45, 2.75) is 38.3 Å². The summed E-state index contributed by atoms with van der Waals surface area (Å²) in [6.07, 6.45) is 5.08. The van der Waals surface area contributed by atoms with Gasteiger partial charge in [-0.15, -0.1) is 24.0 Å². The van der Waals surface area contributed by atoms with Crippen LogP contribution in [0.2, 0.25) is 0 Å². The summed E-state index contributed by atoms with van der Waals surface area (Å²) in [6.45, 7) is 1.89. The molecule has 1 aliphatic heterocycles. The highest BCUT2D eigenvalue weighted by atomic mass is 127. The van der Waals surface area contributed by atoms with Gasteiger partial charge in [0.05, 0.1) is 4.47 Å². The smallest absolute Gasteiger partial charge is 0.191 e. The van der Waals surface area contributed by atoms with Gasteiger partial charge in [-0.2, -0.15) is 0 Å². The molecular formula is C16H23BrIN3O2. The summed E-state index contributed by atoms with van der Waals surface area (Å²) in [5.74, 6) is 2.46. The molecule has 0 radical (unpaired) electrons. The number of fused-ring (bicyclic) bond motifs is 1. The van der Waals surface area contributed by atoms with Gasteiger partial charge in [-0.25, -0.2) is 0 Å². The van der Waals surface area contributed by atoms with Crippen molar-refractivity contribution < 1.29 is 9.47 Å². The topological polar surface area (TPSA) is 54.9 Å². The van der Waals surface area contributed by atoms with Crippen LogP contribution in [0.1, 0.15) is 31.2 Å². The molecule has 7 heteroatoms. The van der Waals surface area contributed by atoms with Crippen molar-refractivity contribution >= 4 is 45.9 Å². The number of halogens is 2. The van der Waals surface area contributed by atoms with Crippen LogP contribution in [0.15, 0.2) is 21.6 Å². The summed E-state index contributed by atoms with van der Waals surface area (Å²) in [7, 11) is 1.81. The zero-order chi connectivity index (χ0) is 15.4. The molecule has 5 nitrogen and oxygen atoms in total. The van der Waals surface area contributed by atoms with E-state index >= 15 is 0 Å². The molecule has 0 amide bonds. The number of nitrogens with one attached hydrogen (secondary N) is 2. The fourth-order valence-electron chi connectivity index (χ4n) is 2.91. The fraction of sp³-hybridized carbons (Fsp3) is 0.562. The number of benzene rings is 1. The summed E-state index contributed by atoms with van der Waals surface area (Å²) in [5, 5.41) is 6.85. The summed E-state index contributed by atoms with van der Waals surface area (Å²) < 4.78 is 12.2. The van der Waals surface area contributed by atoms with Crippen molar-refractivity contribution in [1.29, 1.82) is 0 Å². The molecule has 0 unspecified atom stereocenters. The van der Waals surface area contributed by atoms with Crippen molar-refractivity contribution in [2.24, 2.45) is 4.99 Å². The van der Waals surface area contributed by atoms with Gasteiger partial charge in [-0.1, -0.05) is 12.8 Å². The largest absolute Gasteiger partial charge is 0.486 e. The van der Waals surface area contributed by atoms with Gasteiger partial charge < -0.3 is 20.1 Å². The predicted molar refractivity (Wildman–Crippen MR) is 106 cm³/mol. The second-order valence-electron chi connectivity index (χ2n) is 5.65. The minimum Gasteiger partial charge on any atom is -0.486 e. The van der Waals surface area contributed by atoms with Crippen LogP contribution >= 0.6 is 39.9 Å². The Morgan fingerprint density at radius 1 is 1.26 bits per heavy atom. The molecular weight excluding hydrogens is 473 g/mol. The molecule has 1 heterocycles. The molecule has 0 spiro atoms. The van der Waals surface area contributed by atoms with Gasteiger partial charge in [-0.3, -0.25) is 4.99 Å². The number of nitrogens with zero attached hydrogens (tertiary/aromatic N) is 1. The zero-order valence-corrected chi connectivity index (χ0v) is 17.1. The van der Waals surface area contributed by atoms with Crippen LogP contribution in [0.5, 0.6) is 11.5 Å². The molecule has 1 fully saturated rings. The second kappa shape index (κ2) is 8.96. The molecule has 23 heavy (non-hydrogen) atoms. The van der Waals surface area contributed by atoms with E-state index in [0.29, 0.717) is 25.8 Å². The van der Waals surface area contributed by atoms with E-state index in [9.17, 15) is 0 Å². The Balaban J connectivity index is 0.00000192. The standard InChI is InChI=1S/C16H22BrN3O2.HI/c1-18-16(20-12-4-2-3-5-12)19-10-11-8-13(17)15-14(9-11)21-6-7-22-15;/h8-9,12H,2-7,10H2,1H3,(H2,18,19,20);1H. The van der Waals surface area contributed by atoms with Gasteiger partial charge in [0.25, 0.3) is 0 Å². The average Bonchev–Trinajstić information content (AvgIpc) is 3.04. The maximum atomic E-state index is 5.66. The first kappa shape index (κ1) is 18.6. The van der Waals surface area contributed by atoms with Gasteiger partial charge in [0, 0.05) is 19.6 Å². The Hall–Kier alpha value is -0.700. The van der Waals surface area contributed by atoms with Gasteiger partial charge in [0.1, 0.15) is 13.2 Å². The number of rotatable bonds is 3. The van der Waals surface area contributed by atoms with Crippen molar-refractivity contribution in [1.82, 2.24) is 10.6 Å². The second-order valence-corrected chi connectivity index (χ2v) is 6.51. The van der Waals surface area contributed by atoms with E-state index in [0.717, 1.165) is 27.5 Å². The lowest BCUT2D eigenvalue weighted by atomic mass is 10.2. The van der Waals surface area contributed by atoms with E-state index in [1.807, 2.05) is 13.1 Å². The maximum Gasteiger partial charge on any atom is 0.191 e. The zero-order valence-electron chi connectivity index (χ0n) is 13.2. The van der Waals surface area contributed by atoms with Gasteiger partial charge in [0.2, 0.25) is 0 Å². The van der Waals surface area contributed by atoms with Gasteiger partial charge in [-0.05, 0) is 46.5 Å². The van der Waals surface area contributed by atoms with Crippen molar-refractivity contribution in [3.8, 4) is 11.5 Å². The number of ether oxygens (including phenoxy) is 2. The lowest BCUT2D eigenvalue weighted by Gasteiger charge is -2.21. The van der Waals surface area contributed by atoms with E-state index in [1.54, 1.807) is 0 Å². The molecule has 0 saturated heterocycles. The number of aliphatic imine (C=N–C) groups is 1. The molecule has 128 valence electrons. The summed E-state index contributed by atoms with van der Waals surface area (Å²) in [6, 6.07) is 4.64. The number of hydrogen-bond acceptors (Lipinski definition) is 3. The van der Waals surface area contributed by atoms with E-state index in [-0.39, 0.29) is 24.0 Å². The highest BCUT2D eigenvalue weighted by molar-refractivity contribution is 14.0. The maximum absolute atomic E-state index is 5.66. The summed E-state index contributed by atoms with van der Waals surface area (Å²) in [5.41, 5.74) is 1.13. The number of hydrogen-bond donors (Lipinski definition) is 2. The third-order valence-electron chi connectivity index (χ3n) is 4.04. The Bertz CT molecular complexity index is 563. The Morgan fingerprint density at radius 2 is 2.00 bits per heavy atom. The molecule has 2 aliphatic rings.